The van der Waals surface area contributed by atoms with Crippen LogP contribution < -0.4 is 5.32 Å². The van der Waals surface area contributed by atoms with Crippen molar-refractivity contribution in [2.45, 2.75) is 30.6 Å². The molecule has 0 spiro atoms. The van der Waals surface area contributed by atoms with Crippen molar-refractivity contribution < 1.29 is 9.90 Å². The lowest BCUT2D eigenvalue weighted by Gasteiger charge is -2.48. The molecule has 2 unspecified atom stereocenters. The quantitative estimate of drug-likeness (QED) is 0.746. The van der Waals surface area contributed by atoms with Crippen LogP contribution in [-0.4, -0.2) is 58.7 Å². The Bertz CT molecular complexity index is 269. The van der Waals surface area contributed by atoms with Gasteiger partial charge < -0.3 is 10.4 Å². The van der Waals surface area contributed by atoms with E-state index in [2.05, 4.69) is 17.1 Å². The van der Waals surface area contributed by atoms with Crippen LogP contribution in [-0.2, 0) is 4.79 Å². The minimum atomic E-state index is -0.630. The highest BCUT2D eigenvalue weighted by molar-refractivity contribution is 8.00. The monoisotopic (exact) mass is 244 g/mol. The molecule has 5 heteroatoms. The summed E-state index contributed by atoms with van der Waals surface area (Å²) >= 11 is 1.80. The van der Waals surface area contributed by atoms with Crippen LogP contribution in [0.3, 0.4) is 0 Å². The molecule has 0 saturated carbocycles. The molecule has 92 valence electrons. The van der Waals surface area contributed by atoms with E-state index < -0.39 is 11.5 Å². The minimum absolute atomic E-state index is 0.192. The van der Waals surface area contributed by atoms with Crippen molar-refractivity contribution in [1.29, 1.82) is 0 Å². The van der Waals surface area contributed by atoms with E-state index in [-0.39, 0.29) is 5.25 Å². The first-order chi connectivity index (χ1) is 7.68. The summed E-state index contributed by atoms with van der Waals surface area (Å²) < 4.78 is 0. The van der Waals surface area contributed by atoms with Gasteiger partial charge in [0.05, 0.1) is 0 Å². The second-order valence-electron chi connectivity index (χ2n) is 4.58. The van der Waals surface area contributed by atoms with Crippen molar-refractivity contribution in [3.8, 4) is 0 Å². The molecular formula is C11H20N2O2S. The van der Waals surface area contributed by atoms with Crippen molar-refractivity contribution in [1.82, 2.24) is 10.2 Å². The molecule has 4 nitrogen and oxygen atoms in total. The van der Waals surface area contributed by atoms with Gasteiger partial charge in [0, 0.05) is 31.4 Å². The molecule has 0 radical (unpaired) electrons. The average Bonchev–Trinajstić information content (AvgIpc) is 2.30. The SMILES string of the molecule is CC1SCCCC1(C(=O)O)N1CCNCC1. The summed E-state index contributed by atoms with van der Waals surface area (Å²) in [6.07, 6.45) is 1.82. The van der Waals surface area contributed by atoms with Crippen molar-refractivity contribution in [2.24, 2.45) is 0 Å². The second-order valence-corrected chi connectivity index (χ2v) is 6.03. The molecule has 2 atom stereocenters. The van der Waals surface area contributed by atoms with Gasteiger partial charge in [0.15, 0.2) is 0 Å². The zero-order chi connectivity index (χ0) is 11.6. The van der Waals surface area contributed by atoms with Crippen molar-refractivity contribution in [3.63, 3.8) is 0 Å². The fraction of sp³-hybridized carbons (Fsp3) is 0.909. The predicted octanol–water partition coefficient (Wildman–Crippen LogP) is 0.631. The topological polar surface area (TPSA) is 52.6 Å². The van der Waals surface area contributed by atoms with Crippen LogP contribution in [0.1, 0.15) is 19.8 Å². The van der Waals surface area contributed by atoms with Gasteiger partial charge in [-0.1, -0.05) is 6.92 Å². The molecule has 2 heterocycles. The van der Waals surface area contributed by atoms with Crippen LogP contribution in [0.2, 0.25) is 0 Å². The molecule has 0 bridgehead atoms. The van der Waals surface area contributed by atoms with E-state index in [0.29, 0.717) is 0 Å². The second kappa shape index (κ2) is 4.94. The third kappa shape index (κ3) is 1.96. The van der Waals surface area contributed by atoms with Gasteiger partial charge in [0.2, 0.25) is 0 Å². The normalized spacial score (nSPS) is 37.2. The third-order valence-corrected chi connectivity index (χ3v) is 5.21. The highest BCUT2D eigenvalue weighted by Gasteiger charge is 2.50. The number of thioether (sulfide) groups is 1. The lowest BCUT2D eigenvalue weighted by atomic mass is 9.87. The maximum Gasteiger partial charge on any atom is 0.325 e. The first-order valence-electron chi connectivity index (χ1n) is 5.98. The zero-order valence-electron chi connectivity index (χ0n) is 9.74. The molecule has 0 aromatic rings. The minimum Gasteiger partial charge on any atom is -0.480 e. The molecule has 2 rings (SSSR count). The highest BCUT2D eigenvalue weighted by Crippen LogP contribution is 2.38. The van der Waals surface area contributed by atoms with Crippen LogP contribution in [0.4, 0.5) is 0 Å². The number of nitrogens with one attached hydrogen (secondary N) is 1. The van der Waals surface area contributed by atoms with Crippen LogP contribution in [0.15, 0.2) is 0 Å². The van der Waals surface area contributed by atoms with E-state index >= 15 is 0 Å². The molecule has 2 aliphatic rings. The Morgan fingerprint density at radius 1 is 1.50 bits per heavy atom. The molecule has 2 aliphatic heterocycles. The summed E-state index contributed by atoms with van der Waals surface area (Å²) in [5.74, 6) is 0.469. The Balaban J connectivity index is 2.22. The maximum atomic E-state index is 11.7. The lowest BCUT2D eigenvalue weighted by molar-refractivity contribution is -0.153. The van der Waals surface area contributed by atoms with E-state index in [1.165, 1.54) is 0 Å². The van der Waals surface area contributed by atoms with Crippen molar-refractivity contribution in [3.05, 3.63) is 0 Å². The fourth-order valence-corrected chi connectivity index (χ4v) is 4.15. The molecule has 0 aliphatic carbocycles. The smallest absolute Gasteiger partial charge is 0.325 e. The first kappa shape index (κ1) is 12.2. The van der Waals surface area contributed by atoms with Gasteiger partial charge in [-0.05, 0) is 18.6 Å². The number of carboxylic acid groups (broad SMARTS) is 1. The number of piperazine rings is 1. The molecule has 0 aromatic heterocycles. The fourth-order valence-electron chi connectivity index (χ4n) is 2.84. The Hall–Kier alpha value is -0.260. The molecular weight excluding hydrogens is 224 g/mol. The van der Waals surface area contributed by atoms with Gasteiger partial charge in [0.25, 0.3) is 0 Å². The summed E-state index contributed by atoms with van der Waals surface area (Å²) in [7, 11) is 0. The molecule has 2 fully saturated rings. The van der Waals surface area contributed by atoms with Crippen molar-refractivity contribution in [2.75, 3.05) is 31.9 Å². The van der Waals surface area contributed by atoms with E-state index in [4.69, 9.17) is 0 Å². The van der Waals surface area contributed by atoms with E-state index in [0.717, 1.165) is 44.8 Å². The number of rotatable bonds is 2. The Kier molecular flexibility index (Phi) is 3.77. The van der Waals surface area contributed by atoms with Gasteiger partial charge in [-0.25, -0.2) is 0 Å². The van der Waals surface area contributed by atoms with E-state index in [1.807, 2.05) is 0 Å². The molecule has 0 aromatic carbocycles. The molecule has 2 N–H and O–H groups in total. The summed E-state index contributed by atoms with van der Waals surface area (Å²) in [6.45, 7) is 5.60. The van der Waals surface area contributed by atoms with Gasteiger partial charge in [-0.15, -0.1) is 0 Å². The van der Waals surface area contributed by atoms with Crippen LogP contribution in [0, 0.1) is 0 Å². The summed E-state index contributed by atoms with van der Waals surface area (Å²) in [5.41, 5.74) is -0.620. The molecule has 0 amide bonds. The first-order valence-corrected chi connectivity index (χ1v) is 7.03. The standard InChI is InChI=1S/C11H20N2O2S/c1-9-11(10(14)15,3-2-8-16-9)13-6-4-12-5-7-13/h9,12H,2-8H2,1H3,(H,14,15). The number of hydrogen-bond donors (Lipinski definition) is 2. The Morgan fingerprint density at radius 3 is 2.75 bits per heavy atom. The van der Waals surface area contributed by atoms with Gasteiger partial charge >= 0.3 is 5.97 Å². The average molecular weight is 244 g/mol. The lowest BCUT2D eigenvalue weighted by Crippen LogP contribution is -2.65. The van der Waals surface area contributed by atoms with Crippen LogP contribution >= 0.6 is 11.8 Å². The Labute approximate surface area is 101 Å². The summed E-state index contributed by atoms with van der Waals surface area (Å²) in [6, 6.07) is 0. The summed E-state index contributed by atoms with van der Waals surface area (Å²) in [5, 5.41) is 13.1. The predicted molar refractivity (Wildman–Crippen MR) is 66.0 cm³/mol. The number of aliphatic carboxylic acids is 1. The largest absolute Gasteiger partial charge is 0.480 e. The highest BCUT2D eigenvalue weighted by atomic mass is 32.2. The summed E-state index contributed by atoms with van der Waals surface area (Å²) in [4.78, 5) is 13.9. The number of carbonyl (C=O) groups is 1. The van der Waals surface area contributed by atoms with Gasteiger partial charge in [-0.3, -0.25) is 9.69 Å². The molecule has 2 saturated heterocycles. The van der Waals surface area contributed by atoms with E-state index in [1.54, 1.807) is 11.8 Å². The van der Waals surface area contributed by atoms with E-state index in [9.17, 15) is 9.90 Å². The zero-order valence-corrected chi connectivity index (χ0v) is 10.6. The Morgan fingerprint density at radius 2 is 2.19 bits per heavy atom. The number of carboxylic acids is 1. The maximum absolute atomic E-state index is 11.7. The molecule has 16 heavy (non-hydrogen) atoms. The van der Waals surface area contributed by atoms with Gasteiger partial charge in [0.1, 0.15) is 5.54 Å². The van der Waals surface area contributed by atoms with Crippen LogP contribution in [0.5, 0.6) is 0 Å². The van der Waals surface area contributed by atoms with Crippen LogP contribution in [0.25, 0.3) is 0 Å². The number of hydrogen-bond acceptors (Lipinski definition) is 4. The number of nitrogens with zero attached hydrogens (tertiary/aromatic N) is 1. The van der Waals surface area contributed by atoms with Crippen molar-refractivity contribution >= 4 is 17.7 Å². The third-order valence-electron chi connectivity index (χ3n) is 3.79. The van der Waals surface area contributed by atoms with Gasteiger partial charge in [-0.2, -0.15) is 11.8 Å².